The van der Waals surface area contributed by atoms with Gasteiger partial charge in [-0.05, 0) is 43.9 Å². The first-order chi connectivity index (χ1) is 10.2. The molecular weight excluding hydrogens is 262 g/mol. The van der Waals surface area contributed by atoms with E-state index in [1.54, 1.807) is 0 Å². The molecule has 110 valence electrons. The fourth-order valence-electron chi connectivity index (χ4n) is 2.17. The van der Waals surface area contributed by atoms with E-state index in [-0.39, 0.29) is 0 Å². The molecule has 1 saturated carbocycles. The first-order valence-electron chi connectivity index (χ1n) is 7.57. The number of aromatic nitrogens is 2. The topological polar surface area (TPSA) is 47.0 Å². The Balaban J connectivity index is 1.68. The van der Waals surface area contributed by atoms with Crippen molar-refractivity contribution in [1.82, 2.24) is 15.3 Å². The van der Waals surface area contributed by atoms with Gasteiger partial charge in [0.15, 0.2) is 0 Å². The summed E-state index contributed by atoms with van der Waals surface area (Å²) in [7, 11) is 0. The van der Waals surface area contributed by atoms with Gasteiger partial charge in [-0.15, -0.1) is 0 Å². The van der Waals surface area contributed by atoms with Gasteiger partial charge in [0, 0.05) is 30.0 Å². The summed E-state index contributed by atoms with van der Waals surface area (Å²) in [5.74, 6) is 0.789. The molecule has 1 N–H and O–H groups in total. The highest BCUT2D eigenvalue weighted by atomic mass is 16.5. The minimum atomic E-state index is 0.413. The van der Waals surface area contributed by atoms with Crippen molar-refractivity contribution in [2.24, 2.45) is 0 Å². The van der Waals surface area contributed by atoms with Crippen LogP contribution in [-0.4, -0.2) is 16.0 Å². The fraction of sp³-hybridized carbons (Fsp3) is 0.412. The molecule has 0 spiro atoms. The maximum absolute atomic E-state index is 5.75. The van der Waals surface area contributed by atoms with Crippen LogP contribution >= 0.6 is 0 Å². The minimum Gasteiger partial charge on any atom is -0.424 e. The second-order valence-corrected chi connectivity index (χ2v) is 5.52. The predicted octanol–water partition coefficient (Wildman–Crippen LogP) is 3.39. The van der Waals surface area contributed by atoms with E-state index in [1.807, 2.05) is 31.3 Å². The van der Waals surface area contributed by atoms with Gasteiger partial charge in [-0.2, -0.15) is 4.98 Å². The number of ether oxygens (including phenoxy) is 1. The Morgan fingerprint density at radius 1 is 1.33 bits per heavy atom. The summed E-state index contributed by atoms with van der Waals surface area (Å²) >= 11 is 0. The highest BCUT2D eigenvalue weighted by Crippen LogP contribution is 2.22. The second-order valence-electron chi connectivity index (χ2n) is 5.52. The van der Waals surface area contributed by atoms with Gasteiger partial charge in [-0.25, -0.2) is 4.98 Å². The van der Waals surface area contributed by atoms with Crippen LogP contribution in [0.25, 0.3) is 0 Å². The summed E-state index contributed by atoms with van der Waals surface area (Å²) in [5.41, 5.74) is 3.35. The van der Waals surface area contributed by atoms with E-state index in [2.05, 4.69) is 28.3 Å². The van der Waals surface area contributed by atoms with E-state index in [0.717, 1.165) is 30.0 Å². The van der Waals surface area contributed by atoms with Gasteiger partial charge in [0.1, 0.15) is 5.75 Å². The molecule has 1 aliphatic rings. The first kappa shape index (κ1) is 14.0. The third-order valence-electron chi connectivity index (χ3n) is 3.73. The number of rotatable bonds is 6. The summed E-state index contributed by atoms with van der Waals surface area (Å²) < 4.78 is 5.75. The lowest BCUT2D eigenvalue weighted by Gasteiger charge is -2.09. The molecule has 1 aromatic carbocycles. The third-order valence-corrected chi connectivity index (χ3v) is 3.73. The lowest BCUT2D eigenvalue weighted by Crippen LogP contribution is -2.16. The van der Waals surface area contributed by atoms with Crippen LogP contribution in [0.5, 0.6) is 11.8 Å². The summed E-state index contributed by atoms with van der Waals surface area (Å²) in [6.07, 6.45) is 5.42. The van der Waals surface area contributed by atoms with Crippen molar-refractivity contribution in [3.05, 3.63) is 47.3 Å². The Kier molecular flexibility index (Phi) is 4.15. The molecule has 0 atom stereocenters. The van der Waals surface area contributed by atoms with E-state index < -0.39 is 0 Å². The van der Waals surface area contributed by atoms with Crippen molar-refractivity contribution >= 4 is 0 Å². The Morgan fingerprint density at radius 2 is 2.19 bits per heavy atom. The zero-order valence-electron chi connectivity index (χ0n) is 12.6. The SMILES string of the molecule is CCc1cccc(Oc2ncc(CNC3CC3)c(C)n2)c1. The number of hydrogen-bond donors (Lipinski definition) is 1. The number of nitrogens with zero attached hydrogens (tertiary/aromatic N) is 2. The van der Waals surface area contributed by atoms with Gasteiger partial charge in [0.25, 0.3) is 0 Å². The lowest BCUT2D eigenvalue weighted by atomic mass is 10.2. The Hall–Kier alpha value is -1.94. The maximum Gasteiger partial charge on any atom is 0.322 e. The normalized spacial score (nSPS) is 14.2. The molecular formula is C17H21N3O. The summed E-state index contributed by atoms with van der Waals surface area (Å²) in [5, 5.41) is 3.48. The van der Waals surface area contributed by atoms with Crippen LogP contribution in [0.1, 0.15) is 36.6 Å². The van der Waals surface area contributed by atoms with Gasteiger partial charge in [0.2, 0.25) is 0 Å². The summed E-state index contributed by atoms with van der Waals surface area (Å²) in [4.78, 5) is 8.76. The predicted molar refractivity (Wildman–Crippen MR) is 82.5 cm³/mol. The fourth-order valence-corrected chi connectivity index (χ4v) is 2.17. The van der Waals surface area contributed by atoms with Crippen molar-refractivity contribution in [2.75, 3.05) is 0 Å². The molecule has 4 nitrogen and oxygen atoms in total. The molecule has 4 heteroatoms. The van der Waals surface area contributed by atoms with Crippen LogP contribution in [0.3, 0.4) is 0 Å². The smallest absolute Gasteiger partial charge is 0.322 e. The average molecular weight is 283 g/mol. The molecule has 0 bridgehead atoms. The van der Waals surface area contributed by atoms with E-state index in [4.69, 9.17) is 4.74 Å². The quantitative estimate of drug-likeness (QED) is 0.882. The Labute approximate surface area is 125 Å². The molecule has 2 aromatic rings. The van der Waals surface area contributed by atoms with Crippen LogP contribution in [0.4, 0.5) is 0 Å². The molecule has 1 fully saturated rings. The van der Waals surface area contributed by atoms with Gasteiger partial charge in [-0.1, -0.05) is 19.1 Å². The largest absolute Gasteiger partial charge is 0.424 e. The number of hydrogen-bond acceptors (Lipinski definition) is 4. The zero-order valence-corrected chi connectivity index (χ0v) is 12.6. The van der Waals surface area contributed by atoms with Crippen molar-refractivity contribution < 1.29 is 4.74 Å². The molecule has 1 aromatic heterocycles. The molecule has 1 aliphatic carbocycles. The second kappa shape index (κ2) is 6.22. The highest BCUT2D eigenvalue weighted by Gasteiger charge is 2.20. The van der Waals surface area contributed by atoms with E-state index in [1.165, 1.54) is 18.4 Å². The Bertz CT molecular complexity index is 623. The highest BCUT2D eigenvalue weighted by molar-refractivity contribution is 5.30. The Morgan fingerprint density at radius 3 is 2.90 bits per heavy atom. The third kappa shape index (κ3) is 3.79. The van der Waals surface area contributed by atoms with Gasteiger partial charge in [0.05, 0.1) is 0 Å². The standard InChI is InChI=1S/C17H21N3O/c1-3-13-5-4-6-16(9-13)21-17-19-11-14(12(2)20-17)10-18-15-7-8-15/h4-6,9,11,15,18H,3,7-8,10H2,1-2H3. The molecule has 0 unspecified atom stereocenters. The molecule has 3 rings (SSSR count). The van der Waals surface area contributed by atoms with Crippen molar-refractivity contribution in [3.8, 4) is 11.8 Å². The van der Waals surface area contributed by atoms with Gasteiger partial charge < -0.3 is 10.1 Å². The first-order valence-corrected chi connectivity index (χ1v) is 7.57. The molecule has 0 aliphatic heterocycles. The molecule has 0 radical (unpaired) electrons. The lowest BCUT2D eigenvalue weighted by molar-refractivity contribution is 0.438. The van der Waals surface area contributed by atoms with Gasteiger partial charge in [-0.3, -0.25) is 0 Å². The maximum atomic E-state index is 5.75. The van der Waals surface area contributed by atoms with Crippen molar-refractivity contribution in [1.29, 1.82) is 0 Å². The van der Waals surface area contributed by atoms with E-state index in [9.17, 15) is 0 Å². The minimum absolute atomic E-state index is 0.413. The van der Waals surface area contributed by atoms with E-state index in [0.29, 0.717) is 12.1 Å². The molecule has 21 heavy (non-hydrogen) atoms. The van der Waals surface area contributed by atoms with E-state index >= 15 is 0 Å². The molecule has 0 saturated heterocycles. The summed E-state index contributed by atoms with van der Waals surface area (Å²) in [6, 6.07) is 9.15. The van der Waals surface area contributed by atoms with Crippen LogP contribution in [0.2, 0.25) is 0 Å². The number of aryl methyl sites for hydroxylation is 2. The van der Waals surface area contributed by atoms with Crippen molar-refractivity contribution in [2.45, 2.75) is 45.7 Å². The summed E-state index contributed by atoms with van der Waals surface area (Å²) in [6.45, 7) is 4.96. The van der Waals surface area contributed by atoms with Gasteiger partial charge >= 0.3 is 6.01 Å². The van der Waals surface area contributed by atoms with Crippen LogP contribution in [0, 0.1) is 6.92 Å². The van der Waals surface area contributed by atoms with Crippen LogP contribution in [0.15, 0.2) is 30.5 Å². The molecule has 1 heterocycles. The zero-order chi connectivity index (χ0) is 14.7. The molecule has 0 amide bonds. The average Bonchev–Trinajstić information content (AvgIpc) is 3.31. The number of benzene rings is 1. The van der Waals surface area contributed by atoms with Crippen molar-refractivity contribution in [3.63, 3.8) is 0 Å². The van der Waals surface area contributed by atoms with Crippen LogP contribution in [-0.2, 0) is 13.0 Å². The number of nitrogens with one attached hydrogen (secondary N) is 1. The van der Waals surface area contributed by atoms with Crippen LogP contribution < -0.4 is 10.1 Å². The monoisotopic (exact) mass is 283 g/mol.